The largest absolute Gasteiger partial charge is 0.311 e. The van der Waals surface area contributed by atoms with Gasteiger partial charge < -0.3 is 14.4 Å². The van der Waals surface area contributed by atoms with Gasteiger partial charge in [0.15, 0.2) is 0 Å². The molecule has 0 atom stereocenters. The lowest BCUT2D eigenvalue weighted by Gasteiger charge is -2.32. The van der Waals surface area contributed by atoms with Gasteiger partial charge in [-0.1, -0.05) is 131 Å². The molecule has 0 aliphatic heterocycles. The molecule has 9 aromatic rings. The van der Waals surface area contributed by atoms with Crippen molar-refractivity contribution in [2.45, 2.75) is 46.0 Å². The van der Waals surface area contributed by atoms with Gasteiger partial charge >= 0.3 is 0 Å². The topological polar surface area (TPSA) is 11.4 Å². The van der Waals surface area contributed by atoms with Gasteiger partial charge in [-0.15, -0.1) is 0 Å². The van der Waals surface area contributed by atoms with Crippen LogP contribution in [0.2, 0.25) is 0 Å². The van der Waals surface area contributed by atoms with Crippen molar-refractivity contribution in [3.05, 3.63) is 229 Å². The van der Waals surface area contributed by atoms with Gasteiger partial charge in [0, 0.05) is 56.0 Å². The first kappa shape index (κ1) is 39.7. The number of halogens is 1. The zero-order valence-electron chi connectivity index (χ0n) is 36.3. The third-order valence-electron chi connectivity index (χ3n) is 12.6. The number of anilines is 5. The van der Waals surface area contributed by atoms with Crippen LogP contribution in [0.4, 0.5) is 32.8 Å². The van der Waals surface area contributed by atoms with E-state index < -0.39 is 0 Å². The van der Waals surface area contributed by atoms with Crippen molar-refractivity contribution >= 4 is 50.2 Å². The molecule has 2 aliphatic rings. The summed E-state index contributed by atoms with van der Waals surface area (Å²) in [7, 11) is 0. The number of hydrogen-bond donors (Lipinski definition) is 0. The number of allylic oxidation sites excluding steroid dienone is 3. The molecule has 0 radical (unpaired) electrons. The minimum absolute atomic E-state index is 0.162. The van der Waals surface area contributed by atoms with Crippen molar-refractivity contribution in [3.63, 3.8) is 0 Å². The fourth-order valence-electron chi connectivity index (χ4n) is 9.69. The molecule has 3 nitrogen and oxygen atoms in total. The van der Waals surface area contributed by atoms with Gasteiger partial charge in [0.2, 0.25) is 0 Å². The SMILES string of the molecule is CC.CC1(C)c2ccccc2-c2ccc(N(c3ccccc3)c3cc(-c4ccc5c(c4)c4ccccc4n5-c4ccccc4)cc(N(C4=CCCC=C4)c4ccc(F)cc4)c3)cc21. The fraction of sp³-hybridized carbons (Fsp3) is 0.119. The molecule has 0 fully saturated rings. The van der Waals surface area contributed by atoms with E-state index in [1.54, 1.807) is 12.1 Å². The van der Waals surface area contributed by atoms with Gasteiger partial charge in [-0.2, -0.15) is 0 Å². The van der Waals surface area contributed by atoms with E-state index in [0.717, 1.165) is 69.3 Å². The molecule has 0 saturated heterocycles. The molecule has 4 heteroatoms. The lowest BCUT2D eigenvalue weighted by Crippen LogP contribution is -2.18. The van der Waals surface area contributed by atoms with Crippen LogP contribution in [0.3, 0.4) is 0 Å². The van der Waals surface area contributed by atoms with Gasteiger partial charge in [-0.3, -0.25) is 0 Å². The zero-order valence-corrected chi connectivity index (χ0v) is 36.3. The number of benzene rings is 8. The molecule has 8 aromatic carbocycles. The predicted octanol–water partition coefficient (Wildman–Crippen LogP) is 16.8. The highest BCUT2D eigenvalue weighted by Crippen LogP contribution is 2.51. The van der Waals surface area contributed by atoms with Crippen LogP contribution in [-0.2, 0) is 5.41 Å². The average molecular weight is 820 g/mol. The Morgan fingerprint density at radius 3 is 1.87 bits per heavy atom. The number of hydrogen-bond acceptors (Lipinski definition) is 2. The van der Waals surface area contributed by atoms with Crippen molar-refractivity contribution in [2.24, 2.45) is 0 Å². The molecule has 0 spiro atoms. The smallest absolute Gasteiger partial charge is 0.123 e. The first-order valence-electron chi connectivity index (χ1n) is 22.2. The maximum Gasteiger partial charge on any atom is 0.123 e. The first-order valence-corrected chi connectivity index (χ1v) is 22.2. The Labute approximate surface area is 370 Å². The lowest BCUT2D eigenvalue weighted by molar-refractivity contribution is 0.628. The van der Waals surface area contributed by atoms with E-state index in [9.17, 15) is 4.39 Å². The molecule has 11 rings (SSSR count). The summed E-state index contributed by atoms with van der Waals surface area (Å²) < 4.78 is 16.9. The first-order chi connectivity index (χ1) is 30.9. The van der Waals surface area contributed by atoms with Gasteiger partial charge in [-0.25, -0.2) is 4.39 Å². The van der Waals surface area contributed by atoms with E-state index in [-0.39, 0.29) is 11.2 Å². The molecule has 2 aliphatic carbocycles. The van der Waals surface area contributed by atoms with E-state index >= 15 is 0 Å². The van der Waals surface area contributed by atoms with Crippen molar-refractivity contribution in [1.82, 2.24) is 4.57 Å². The van der Waals surface area contributed by atoms with Crippen LogP contribution in [0.5, 0.6) is 0 Å². The molecule has 0 amide bonds. The van der Waals surface area contributed by atoms with E-state index in [4.69, 9.17) is 0 Å². The molecule has 0 saturated carbocycles. The summed E-state index contributed by atoms with van der Waals surface area (Å²) in [5.41, 5.74) is 16.8. The molecular formula is C59H50FN3. The third-order valence-corrected chi connectivity index (χ3v) is 12.6. The van der Waals surface area contributed by atoms with Crippen LogP contribution in [0.25, 0.3) is 49.7 Å². The minimum Gasteiger partial charge on any atom is -0.311 e. The number of aromatic nitrogens is 1. The zero-order chi connectivity index (χ0) is 43.1. The van der Waals surface area contributed by atoms with Crippen LogP contribution < -0.4 is 9.80 Å². The molecule has 0 N–H and O–H groups in total. The summed E-state index contributed by atoms with van der Waals surface area (Å²) in [5, 5.41) is 2.40. The predicted molar refractivity (Wildman–Crippen MR) is 265 cm³/mol. The van der Waals surface area contributed by atoms with Crippen LogP contribution in [0.1, 0.15) is 51.7 Å². The van der Waals surface area contributed by atoms with Gasteiger partial charge in [-0.05, 0) is 149 Å². The summed E-state index contributed by atoms with van der Waals surface area (Å²) >= 11 is 0. The Balaban J connectivity index is 0.00000232. The standard InChI is InChI=1S/C57H44FN3.C2H6/c1-57(2)53-24-14-12-22-49(53)50-32-31-46(38-54(50)57)60(43-18-8-4-9-19-43)48-35-40(34-47(37-48)59(42-16-6-3-7-17-42)45-29-27-41(58)28-30-45)39-26-33-56-52(36-39)51-23-13-15-25-55(51)61(56)44-20-10-5-11-21-44;1-2/h4-6,8-38H,3,7H2,1-2H3;1-2H3. The Kier molecular flexibility index (Phi) is 10.4. The highest BCUT2D eigenvalue weighted by atomic mass is 19.1. The van der Waals surface area contributed by atoms with E-state index in [0.29, 0.717) is 0 Å². The van der Waals surface area contributed by atoms with Crippen LogP contribution in [0.15, 0.2) is 212 Å². The maximum atomic E-state index is 14.6. The second-order valence-corrected chi connectivity index (χ2v) is 16.7. The molecule has 63 heavy (non-hydrogen) atoms. The maximum absolute atomic E-state index is 14.6. The average Bonchev–Trinajstić information content (AvgIpc) is 3.79. The van der Waals surface area contributed by atoms with E-state index in [1.165, 1.54) is 38.5 Å². The Hall–Kier alpha value is -7.43. The third kappa shape index (κ3) is 7.02. The van der Waals surface area contributed by atoms with Crippen LogP contribution in [-0.4, -0.2) is 4.57 Å². The Bertz CT molecular complexity index is 3170. The normalized spacial score (nSPS) is 13.5. The number of para-hydroxylation sites is 3. The van der Waals surface area contributed by atoms with Gasteiger partial charge in [0.05, 0.1) is 11.0 Å². The Morgan fingerprint density at radius 1 is 0.476 bits per heavy atom. The molecule has 308 valence electrons. The fourth-order valence-corrected chi connectivity index (χ4v) is 9.69. The van der Waals surface area contributed by atoms with E-state index in [2.05, 4.69) is 210 Å². The highest BCUT2D eigenvalue weighted by molar-refractivity contribution is 6.10. The summed E-state index contributed by atoms with van der Waals surface area (Å²) in [6, 6.07) is 66.4. The second kappa shape index (κ2) is 16.4. The summed E-state index contributed by atoms with van der Waals surface area (Å²) in [6.45, 7) is 8.67. The van der Waals surface area contributed by atoms with Crippen LogP contribution >= 0.6 is 0 Å². The summed E-state index contributed by atoms with van der Waals surface area (Å²) in [6.07, 6.45) is 8.63. The Morgan fingerprint density at radius 2 is 1.11 bits per heavy atom. The van der Waals surface area contributed by atoms with Crippen molar-refractivity contribution in [3.8, 4) is 27.9 Å². The molecule has 1 heterocycles. The summed E-state index contributed by atoms with van der Waals surface area (Å²) in [4.78, 5) is 4.66. The molecule has 0 unspecified atom stereocenters. The summed E-state index contributed by atoms with van der Waals surface area (Å²) in [5.74, 6) is -0.258. The van der Waals surface area contributed by atoms with Crippen molar-refractivity contribution in [1.29, 1.82) is 0 Å². The second-order valence-electron chi connectivity index (χ2n) is 16.7. The number of rotatable bonds is 8. The number of nitrogens with zero attached hydrogens (tertiary/aromatic N) is 3. The highest BCUT2D eigenvalue weighted by Gasteiger charge is 2.36. The lowest BCUT2D eigenvalue weighted by atomic mass is 9.82. The minimum atomic E-state index is -0.258. The molecule has 1 aromatic heterocycles. The molecular weight excluding hydrogens is 770 g/mol. The van der Waals surface area contributed by atoms with Gasteiger partial charge in [0.1, 0.15) is 5.82 Å². The van der Waals surface area contributed by atoms with Crippen molar-refractivity contribution < 1.29 is 4.39 Å². The van der Waals surface area contributed by atoms with Crippen LogP contribution in [0, 0.1) is 5.82 Å². The van der Waals surface area contributed by atoms with Crippen molar-refractivity contribution in [2.75, 3.05) is 9.80 Å². The number of fused-ring (bicyclic) bond motifs is 6. The quantitative estimate of drug-likeness (QED) is 0.151. The van der Waals surface area contributed by atoms with Gasteiger partial charge in [0.25, 0.3) is 0 Å². The monoisotopic (exact) mass is 819 g/mol. The van der Waals surface area contributed by atoms with E-state index in [1.807, 2.05) is 26.0 Å². The molecule has 0 bridgehead atoms.